The second-order valence-electron chi connectivity index (χ2n) is 6.65. The number of halogens is 4. The molecule has 6 heteroatoms. The summed E-state index contributed by atoms with van der Waals surface area (Å²) in [6.07, 6.45) is 2.28. The third-order valence-corrected chi connectivity index (χ3v) is 5.64. The molecule has 0 spiro atoms. The normalized spacial score (nSPS) is 16.9. The Morgan fingerprint density at radius 3 is 2.15 bits per heavy atom. The molecule has 1 atom stereocenters. The number of piperidine rings is 1. The van der Waals surface area contributed by atoms with Crippen LogP contribution < -0.4 is 10.6 Å². The molecule has 0 radical (unpaired) electrons. The van der Waals surface area contributed by atoms with Gasteiger partial charge in [-0.15, -0.1) is 24.8 Å². The van der Waals surface area contributed by atoms with Gasteiger partial charge in [0.15, 0.2) is 0 Å². The van der Waals surface area contributed by atoms with Gasteiger partial charge >= 0.3 is 0 Å². The summed E-state index contributed by atoms with van der Waals surface area (Å²) >= 11 is 12.2. The summed E-state index contributed by atoms with van der Waals surface area (Å²) in [7, 11) is 0. The van der Waals surface area contributed by atoms with Gasteiger partial charge in [0.25, 0.3) is 0 Å². The van der Waals surface area contributed by atoms with Gasteiger partial charge in [0.05, 0.1) is 0 Å². The predicted molar refractivity (Wildman–Crippen MR) is 117 cm³/mol. The molecule has 0 bridgehead atoms. The molecule has 2 aromatic rings. The van der Waals surface area contributed by atoms with Crippen LogP contribution in [0.15, 0.2) is 48.5 Å². The maximum atomic E-state index is 6.12. The first-order chi connectivity index (χ1) is 11.6. The largest absolute Gasteiger partial charge is 0.317 e. The van der Waals surface area contributed by atoms with E-state index in [1.54, 1.807) is 6.07 Å². The van der Waals surface area contributed by atoms with Crippen LogP contribution in [0.2, 0.25) is 10.0 Å². The van der Waals surface area contributed by atoms with Crippen molar-refractivity contribution in [2.45, 2.75) is 37.8 Å². The second kappa shape index (κ2) is 10.8. The van der Waals surface area contributed by atoms with Crippen LogP contribution in [0.3, 0.4) is 0 Å². The average Bonchev–Trinajstić information content (AvgIpc) is 2.60. The van der Waals surface area contributed by atoms with E-state index in [1.165, 1.54) is 5.56 Å². The third-order valence-electron chi connectivity index (χ3n) is 5.21. The lowest BCUT2D eigenvalue weighted by Gasteiger charge is -2.43. The van der Waals surface area contributed by atoms with Crippen molar-refractivity contribution in [1.82, 2.24) is 10.6 Å². The molecule has 1 heterocycles. The Morgan fingerprint density at radius 2 is 1.58 bits per heavy atom. The van der Waals surface area contributed by atoms with Crippen LogP contribution in [-0.4, -0.2) is 19.1 Å². The SMILES string of the molecule is CC(NCc1cc(Cl)cc(Cl)c1)C1(c2ccccc2)CCNCC1.Cl.Cl. The molecule has 3 rings (SSSR count). The van der Waals surface area contributed by atoms with E-state index in [0.717, 1.165) is 38.0 Å². The van der Waals surface area contributed by atoms with Gasteiger partial charge in [-0.2, -0.15) is 0 Å². The van der Waals surface area contributed by atoms with E-state index >= 15 is 0 Å². The Labute approximate surface area is 178 Å². The maximum Gasteiger partial charge on any atom is 0.0424 e. The lowest BCUT2D eigenvalue weighted by atomic mass is 9.68. The number of rotatable bonds is 5. The van der Waals surface area contributed by atoms with Crippen molar-refractivity contribution < 1.29 is 0 Å². The van der Waals surface area contributed by atoms with Gasteiger partial charge < -0.3 is 10.6 Å². The number of nitrogens with one attached hydrogen (secondary N) is 2. The molecule has 1 aliphatic rings. The summed E-state index contributed by atoms with van der Waals surface area (Å²) in [6.45, 7) is 5.18. The van der Waals surface area contributed by atoms with Gasteiger partial charge in [0, 0.05) is 28.0 Å². The number of hydrogen-bond donors (Lipinski definition) is 2. The fourth-order valence-corrected chi connectivity index (χ4v) is 4.37. The van der Waals surface area contributed by atoms with E-state index in [2.05, 4.69) is 47.9 Å². The molecule has 0 saturated carbocycles. The summed E-state index contributed by atoms with van der Waals surface area (Å²) < 4.78 is 0. The first-order valence-corrected chi connectivity index (χ1v) is 9.30. The van der Waals surface area contributed by atoms with Crippen LogP contribution in [0, 0.1) is 0 Å². The summed E-state index contributed by atoms with van der Waals surface area (Å²) in [5.74, 6) is 0. The van der Waals surface area contributed by atoms with Crippen LogP contribution in [-0.2, 0) is 12.0 Å². The molecule has 0 aliphatic carbocycles. The highest BCUT2D eigenvalue weighted by Gasteiger charge is 2.38. The summed E-state index contributed by atoms with van der Waals surface area (Å²) in [5.41, 5.74) is 2.71. The fourth-order valence-electron chi connectivity index (χ4n) is 3.79. The standard InChI is InChI=1S/C20H24Cl2N2.2ClH/c1-15(24-14-16-11-18(21)13-19(22)12-16)20(7-9-23-10-8-20)17-5-3-2-4-6-17;;/h2-6,11-13,15,23-24H,7-10,14H2,1H3;2*1H. The summed E-state index contributed by atoms with van der Waals surface area (Å²) in [4.78, 5) is 0. The highest BCUT2D eigenvalue weighted by atomic mass is 35.5. The minimum absolute atomic E-state index is 0. The third kappa shape index (κ3) is 5.51. The smallest absolute Gasteiger partial charge is 0.0424 e. The van der Waals surface area contributed by atoms with Gasteiger partial charge in [-0.25, -0.2) is 0 Å². The lowest BCUT2D eigenvalue weighted by Crippen LogP contribution is -2.52. The molecule has 0 aromatic heterocycles. The van der Waals surface area contributed by atoms with E-state index < -0.39 is 0 Å². The van der Waals surface area contributed by atoms with Crippen molar-refractivity contribution in [1.29, 1.82) is 0 Å². The highest BCUT2D eigenvalue weighted by Crippen LogP contribution is 2.37. The van der Waals surface area contributed by atoms with E-state index in [-0.39, 0.29) is 30.2 Å². The molecule has 2 nitrogen and oxygen atoms in total. The van der Waals surface area contributed by atoms with E-state index in [1.807, 2.05) is 12.1 Å². The van der Waals surface area contributed by atoms with Gasteiger partial charge in [-0.3, -0.25) is 0 Å². The zero-order chi connectivity index (χ0) is 17.0. The zero-order valence-corrected chi connectivity index (χ0v) is 17.9. The molecule has 26 heavy (non-hydrogen) atoms. The minimum atomic E-state index is 0. The van der Waals surface area contributed by atoms with Crippen LogP contribution in [0.1, 0.15) is 30.9 Å². The number of benzene rings is 2. The molecule has 1 saturated heterocycles. The zero-order valence-electron chi connectivity index (χ0n) is 14.8. The second-order valence-corrected chi connectivity index (χ2v) is 7.53. The molecular formula is C20H26Cl4N2. The minimum Gasteiger partial charge on any atom is -0.317 e. The number of hydrogen-bond acceptors (Lipinski definition) is 2. The topological polar surface area (TPSA) is 24.1 Å². The average molecular weight is 436 g/mol. The van der Waals surface area contributed by atoms with Crippen molar-refractivity contribution in [2.75, 3.05) is 13.1 Å². The molecule has 2 N–H and O–H groups in total. The van der Waals surface area contributed by atoms with Crippen molar-refractivity contribution in [3.63, 3.8) is 0 Å². The van der Waals surface area contributed by atoms with Gasteiger partial charge in [-0.1, -0.05) is 53.5 Å². The summed E-state index contributed by atoms with van der Waals surface area (Å²) in [5, 5.41) is 8.58. The lowest BCUT2D eigenvalue weighted by molar-refractivity contribution is 0.233. The van der Waals surface area contributed by atoms with Crippen LogP contribution >= 0.6 is 48.0 Å². The molecule has 1 aliphatic heterocycles. The first-order valence-electron chi connectivity index (χ1n) is 8.55. The summed E-state index contributed by atoms with van der Waals surface area (Å²) in [6, 6.07) is 17.0. The molecule has 0 amide bonds. The fraction of sp³-hybridized carbons (Fsp3) is 0.400. The van der Waals surface area contributed by atoms with Crippen LogP contribution in [0.5, 0.6) is 0 Å². The Kier molecular flexibility index (Phi) is 9.74. The quantitative estimate of drug-likeness (QED) is 0.635. The Balaban J connectivity index is 0.00000169. The Hall–Kier alpha value is -0.480. The molecule has 2 aromatic carbocycles. The maximum absolute atomic E-state index is 6.12. The Morgan fingerprint density at radius 1 is 1.00 bits per heavy atom. The predicted octanol–water partition coefficient (Wildman–Crippen LogP) is 5.64. The van der Waals surface area contributed by atoms with Crippen molar-refractivity contribution in [3.8, 4) is 0 Å². The molecule has 1 unspecified atom stereocenters. The van der Waals surface area contributed by atoms with Gasteiger partial charge in [0.2, 0.25) is 0 Å². The van der Waals surface area contributed by atoms with Crippen LogP contribution in [0.4, 0.5) is 0 Å². The molecule has 144 valence electrons. The highest BCUT2D eigenvalue weighted by molar-refractivity contribution is 6.34. The van der Waals surface area contributed by atoms with Crippen LogP contribution in [0.25, 0.3) is 0 Å². The van der Waals surface area contributed by atoms with Crippen molar-refractivity contribution in [2.24, 2.45) is 0 Å². The van der Waals surface area contributed by atoms with E-state index in [4.69, 9.17) is 23.2 Å². The van der Waals surface area contributed by atoms with Crippen molar-refractivity contribution in [3.05, 3.63) is 69.7 Å². The van der Waals surface area contributed by atoms with Crippen molar-refractivity contribution >= 4 is 48.0 Å². The van der Waals surface area contributed by atoms with E-state index in [0.29, 0.717) is 16.1 Å². The monoisotopic (exact) mass is 434 g/mol. The Bertz CT molecular complexity index is 653. The first kappa shape index (κ1) is 23.6. The van der Waals surface area contributed by atoms with Gasteiger partial charge in [-0.05, 0) is 62.2 Å². The molecule has 1 fully saturated rings. The molecular weight excluding hydrogens is 410 g/mol. The van der Waals surface area contributed by atoms with E-state index in [9.17, 15) is 0 Å². The van der Waals surface area contributed by atoms with Gasteiger partial charge in [0.1, 0.15) is 0 Å².